The minimum absolute atomic E-state index is 0.00103. The molecule has 0 radical (unpaired) electrons. The van der Waals surface area contributed by atoms with E-state index >= 15 is 0 Å². The normalized spacial score (nSPS) is 20.1. The molecule has 1 aromatic rings. The van der Waals surface area contributed by atoms with Crippen molar-refractivity contribution in [3.8, 4) is 0 Å². The molecule has 0 aromatic heterocycles. The highest BCUT2D eigenvalue weighted by Gasteiger charge is 2.38. The molecular weight excluding hydrogens is 935 g/mol. The van der Waals surface area contributed by atoms with Gasteiger partial charge in [0.05, 0.1) is 6.42 Å². The van der Waals surface area contributed by atoms with Gasteiger partial charge in [-0.3, -0.25) is 53.1 Å². The first-order chi connectivity index (χ1) is 32.9. The molecule has 2 saturated heterocycles. The molecular formula is C43H67N15O9S2. The van der Waals surface area contributed by atoms with E-state index in [2.05, 4.69) is 41.9 Å². The molecule has 0 unspecified atom stereocenters. The maximum Gasteiger partial charge on any atom is 0.254 e. The summed E-state index contributed by atoms with van der Waals surface area (Å²) in [4.78, 5) is 131. The van der Waals surface area contributed by atoms with Crippen molar-refractivity contribution in [3.63, 3.8) is 0 Å². The standard InChI is InChI=1S/C43H67N15O9S2/c44-33(59)21-29(38(64)54-28(20-24-10-3-1-4-11-24)37(63)57-31-23-69-68-22-30(34(45)60)56-39(31)65)55-36(62)26(14-7-17-50-42(46)47)52-35(61)27(15-8-18-51-43(48)49)53-40(66)32-16-9-19-58(32)41(67)25-12-5-2-6-13-25/h2,5-6,12-13,24,26-32H,1,3-4,7-11,14-23H2,(H2,44,59)(H2,45,60)(H,52,61)(H,53,66)(H,54,64)(H,55,62)(H,56,65)(H,57,63)(H4,46,47,50)(H4,48,49,51)/t26-,27-,28+,29+,30+,31+,32+/m1/s1. The monoisotopic (exact) mass is 1000 g/mol. The van der Waals surface area contributed by atoms with Crippen LogP contribution in [0.1, 0.15) is 93.8 Å². The van der Waals surface area contributed by atoms with Crippen LogP contribution in [0.5, 0.6) is 0 Å². The molecule has 9 amide bonds. The van der Waals surface area contributed by atoms with Crippen LogP contribution in [0.3, 0.4) is 0 Å². The second kappa shape index (κ2) is 28.2. The van der Waals surface area contributed by atoms with Gasteiger partial charge in [-0.1, -0.05) is 71.9 Å². The fourth-order valence-corrected chi connectivity index (χ4v) is 10.6. The number of aliphatic imine (C=N–C) groups is 2. The Bertz CT molecular complexity index is 2030. The van der Waals surface area contributed by atoms with Gasteiger partial charge >= 0.3 is 0 Å². The van der Waals surface area contributed by atoms with Crippen molar-refractivity contribution in [2.75, 3.05) is 31.1 Å². The summed E-state index contributed by atoms with van der Waals surface area (Å²) >= 11 is 0. The van der Waals surface area contributed by atoms with Gasteiger partial charge in [0.1, 0.15) is 42.3 Å². The van der Waals surface area contributed by atoms with Crippen LogP contribution >= 0.6 is 21.6 Å². The number of guanidine groups is 2. The summed E-state index contributed by atoms with van der Waals surface area (Å²) in [5.74, 6) is -6.68. The molecule has 2 heterocycles. The number of carbonyl (C=O) groups excluding carboxylic acids is 9. The van der Waals surface area contributed by atoms with Gasteiger partial charge in [0, 0.05) is 36.7 Å². The lowest BCUT2D eigenvalue weighted by Gasteiger charge is -2.30. The van der Waals surface area contributed by atoms with Gasteiger partial charge in [0.15, 0.2) is 11.9 Å². The second-order valence-corrected chi connectivity index (χ2v) is 19.7. The lowest BCUT2D eigenvalue weighted by molar-refractivity contribution is -0.136. The maximum atomic E-state index is 14.2. The third-order valence-electron chi connectivity index (χ3n) is 11.8. The number of nitrogens with two attached hydrogens (primary N) is 6. The summed E-state index contributed by atoms with van der Waals surface area (Å²) in [5.41, 5.74) is 33.5. The van der Waals surface area contributed by atoms with Crippen LogP contribution < -0.4 is 66.3 Å². The molecule has 26 heteroatoms. The zero-order chi connectivity index (χ0) is 50.5. The Kier molecular flexibility index (Phi) is 22.6. The summed E-state index contributed by atoms with van der Waals surface area (Å²) in [6.07, 6.45) is 4.97. The van der Waals surface area contributed by atoms with Crippen LogP contribution in [0.15, 0.2) is 40.3 Å². The fraction of sp³-hybridized carbons (Fsp3) is 0.605. The summed E-state index contributed by atoms with van der Waals surface area (Å²) in [5, 5.41) is 15.9. The number of rotatable bonds is 24. The Balaban J connectivity index is 1.56. The highest BCUT2D eigenvalue weighted by atomic mass is 33.1. The van der Waals surface area contributed by atoms with Crippen molar-refractivity contribution in [1.29, 1.82) is 0 Å². The molecule has 0 bridgehead atoms. The van der Waals surface area contributed by atoms with Crippen molar-refractivity contribution in [2.24, 2.45) is 50.3 Å². The van der Waals surface area contributed by atoms with E-state index in [1.807, 2.05) is 0 Å². The SMILES string of the molecule is NC(=O)C[C@H](NC(=O)[C@@H](CCCN=C(N)N)NC(=O)[C@@H](CCCN=C(N)N)NC(=O)[C@@H]1CCCN1C(=O)c1ccccc1)C(=O)N[C@@H](CC1CCCCC1)C(=O)N[C@H]1CSSC[C@@H](C(N)=O)NC1=O. The lowest BCUT2D eigenvalue weighted by Crippen LogP contribution is -2.61. The zero-order valence-corrected chi connectivity index (χ0v) is 40.2. The number of primary amides is 2. The number of likely N-dealkylation sites (tertiary alicyclic amines) is 1. The number of hydrogen-bond donors (Lipinski definition) is 12. The van der Waals surface area contributed by atoms with Gasteiger partial charge in [0.2, 0.25) is 47.3 Å². The van der Waals surface area contributed by atoms with E-state index in [1.54, 1.807) is 30.3 Å². The van der Waals surface area contributed by atoms with Crippen LogP contribution in [-0.2, 0) is 38.4 Å². The van der Waals surface area contributed by atoms with Gasteiger partial charge in [-0.2, -0.15) is 0 Å². The Morgan fingerprint density at radius 2 is 1.25 bits per heavy atom. The number of benzene rings is 1. The van der Waals surface area contributed by atoms with Crippen LogP contribution in [-0.4, -0.2) is 143 Å². The maximum absolute atomic E-state index is 14.2. The highest BCUT2D eigenvalue weighted by molar-refractivity contribution is 8.76. The number of nitrogens with zero attached hydrogens (tertiary/aromatic N) is 3. The number of hydrogen-bond acceptors (Lipinski definition) is 13. The van der Waals surface area contributed by atoms with Gasteiger partial charge in [-0.05, 0) is 63.0 Å². The Morgan fingerprint density at radius 3 is 1.84 bits per heavy atom. The Hall–Kier alpha value is -6.31. The number of amides is 9. The topological polar surface area (TPSA) is 410 Å². The zero-order valence-electron chi connectivity index (χ0n) is 38.5. The van der Waals surface area contributed by atoms with Gasteiger partial charge < -0.3 is 71.2 Å². The van der Waals surface area contributed by atoms with Crippen LogP contribution in [0.4, 0.5) is 0 Å². The molecule has 0 spiro atoms. The van der Waals surface area contributed by atoms with Crippen molar-refractivity contribution in [1.82, 2.24) is 36.8 Å². The van der Waals surface area contributed by atoms with E-state index < -0.39 is 96.0 Å². The van der Waals surface area contributed by atoms with E-state index in [1.165, 1.54) is 26.5 Å². The number of carbonyl (C=O) groups is 9. The predicted molar refractivity (Wildman–Crippen MR) is 261 cm³/mol. The largest absolute Gasteiger partial charge is 0.370 e. The molecule has 1 aliphatic carbocycles. The van der Waals surface area contributed by atoms with Gasteiger partial charge in [-0.15, -0.1) is 0 Å². The summed E-state index contributed by atoms with van der Waals surface area (Å²) in [6.45, 7) is 0.445. The Labute approximate surface area is 408 Å². The second-order valence-electron chi connectivity index (χ2n) is 17.2. The first kappa shape index (κ1) is 55.3. The average Bonchev–Trinajstić information content (AvgIpc) is 3.80. The van der Waals surface area contributed by atoms with E-state index in [9.17, 15) is 43.2 Å². The summed E-state index contributed by atoms with van der Waals surface area (Å²) < 4.78 is 0. The lowest BCUT2D eigenvalue weighted by atomic mass is 9.84. The van der Waals surface area contributed by atoms with E-state index in [4.69, 9.17) is 34.4 Å². The summed E-state index contributed by atoms with van der Waals surface area (Å²) in [7, 11) is 2.56. The van der Waals surface area contributed by atoms with E-state index in [0.29, 0.717) is 24.9 Å². The molecule has 18 N–H and O–H groups in total. The quantitative estimate of drug-likeness (QED) is 0.0213. The van der Waals surface area contributed by atoms with Crippen LogP contribution in [0.25, 0.3) is 0 Å². The van der Waals surface area contributed by atoms with Crippen molar-refractivity contribution < 1.29 is 43.2 Å². The fourth-order valence-electron chi connectivity index (χ4n) is 8.21. The van der Waals surface area contributed by atoms with Crippen molar-refractivity contribution in [3.05, 3.63) is 35.9 Å². The minimum atomic E-state index is -1.65. The molecule has 1 aromatic carbocycles. The molecule has 4 rings (SSSR count). The summed E-state index contributed by atoms with van der Waals surface area (Å²) in [6, 6.07) is -0.0508. The number of nitrogens with one attached hydrogen (secondary N) is 6. The Morgan fingerprint density at radius 1 is 0.681 bits per heavy atom. The molecule has 3 aliphatic rings. The predicted octanol–water partition coefficient (Wildman–Crippen LogP) is -2.97. The van der Waals surface area contributed by atoms with Gasteiger partial charge in [0.25, 0.3) is 5.91 Å². The molecule has 2 aliphatic heterocycles. The molecule has 69 heavy (non-hydrogen) atoms. The van der Waals surface area contributed by atoms with Crippen molar-refractivity contribution in [2.45, 2.75) is 126 Å². The molecule has 3 fully saturated rings. The first-order valence-corrected chi connectivity index (χ1v) is 25.5. The third-order valence-corrected chi connectivity index (χ3v) is 14.2. The van der Waals surface area contributed by atoms with Gasteiger partial charge in [-0.25, -0.2) is 0 Å². The van der Waals surface area contributed by atoms with E-state index in [0.717, 1.165) is 32.1 Å². The molecule has 7 atom stereocenters. The molecule has 1 saturated carbocycles. The minimum Gasteiger partial charge on any atom is -0.370 e. The van der Waals surface area contributed by atoms with Crippen LogP contribution in [0.2, 0.25) is 0 Å². The van der Waals surface area contributed by atoms with Crippen LogP contribution in [0, 0.1) is 5.92 Å². The smallest absolute Gasteiger partial charge is 0.254 e. The molecule has 380 valence electrons. The highest BCUT2D eigenvalue weighted by Crippen LogP contribution is 2.28. The average molecular weight is 1000 g/mol. The van der Waals surface area contributed by atoms with Crippen molar-refractivity contribution >= 4 is 86.7 Å². The first-order valence-electron chi connectivity index (χ1n) is 23.0. The third kappa shape index (κ3) is 18.6. The molecule has 24 nitrogen and oxygen atoms in total. The van der Waals surface area contributed by atoms with E-state index in [-0.39, 0.29) is 80.4 Å².